The van der Waals surface area contributed by atoms with Gasteiger partial charge in [0, 0.05) is 6.54 Å². The largest absolute Gasteiger partial charge is 0.493 e. The molecule has 0 unspecified atom stereocenters. The van der Waals surface area contributed by atoms with Crippen molar-refractivity contribution in [3.8, 4) is 5.75 Å². The molecule has 0 fully saturated rings. The summed E-state index contributed by atoms with van der Waals surface area (Å²) in [6.07, 6.45) is 2.31. The summed E-state index contributed by atoms with van der Waals surface area (Å²) in [5, 5.41) is 2.89. The van der Waals surface area contributed by atoms with Crippen molar-refractivity contribution in [1.29, 1.82) is 0 Å². The second kappa shape index (κ2) is 9.51. The van der Waals surface area contributed by atoms with Gasteiger partial charge in [-0.25, -0.2) is 4.98 Å². The Hall–Kier alpha value is -3.54. The fourth-order valence-electron chi connectivity index (χ4n) is 3.66. The average Bonchev–Trinajstić information content (AvgIpc) is 3.44. The molecule has 6 heteroatoms. The fourth-order valence-corrected chi connectivity index (χ4v) is 3.66. The Labute approximate surface area is 181 Å². The monoisotopic (exact) mass is 417 g/mol. The molecule has 0 saturated heterocycles. The van der Waals surface area contributed by atoms with Crippen molar-refractivity contribution in [2.24, 2.45) is 0 Å². The molecule has 0 spiro atoms. The van der Waals surface area contributed by atoms with Crippen LogP contribution in [0.3, 0.4) is 0 Å². The highest BCUT2D eigenvalue weighted by atomic mass is 16.5. The maximum atomic E-state index is 12.2. The maximum absolute atomic E-state index is 12.2. The zero-order chi connectivity index (χ0) is 21.6. The molecule has 0 atom stereocenters. The molecule has 1 N–H and O–H groups in total. The number of rotatable bonds is 9. The first-order valence-electron chi connectivity index (χ1n) is 10.6. The van der Waals surface area contributed by atoms with Crippen LogP contribution in [0.4, 0.5) is 0 Å². The van der Waals surface area contributed by atoms with Crippen LogP contribution in [-0.2, 0) is 13.1 Å². The van der Waals surface area contributed by atoms with Crippen molar-refractivity contribution in [2.45, 2.75) is 39.3 Å². The molecule has 6 nitrogen and oxygen atoms in total. The molecule has 2 aromatic heterocycles. The lowest BCUT2D eigenvalue weighted by Crippen LogP contribution is -2.24. The minimum absolute atomic E-state index is 0.253. The molecule has 0 aliphatic rings. The Morgan fingerprint density at radius 1 is 1.10 bits per heavy atom. The molecule has 4 aromatic rings. The third-order valence-corrected chi connectivity index (χ3v) is 5.21. The van der Waals surface area contributed by atoms with Crippen LogP contribution >= 0.6 is 0 Å². The van der Waals surface area contributed by atoms with Gasteiger partial charge >= 0.3 is 0 Å². The van der Waals surface area contributed by atoms with E-state index in [9.17, 15) is 4.79 Å². The molecule has 0 radical (unpaired) electrons. The number of carbonyl (C=O) groups is 1. The SMILES string of the molecule is CC(C)c1ccccc1OCCCn1c(CNC(=O)c2ccco2)nc2ccccc21. The lowest BCUT2D eigenvalue weighted by Gasteiger charge is -2.14. The molecule has 2 aromatic carbocycles. The van der Waals surface area contributed by atoms with Gasteiger partial charge in [-0.05, 0) is 48.2 Å². The van der Waals surface area contributed by atoms with Gasteiger partial charge in [0.25, 0.3) is 5.91 Å². The van der Waals surface area contributed by atoms with E-state index in [2.05, 4.69) is 35.9 Å². The molecule has 0 aliphatic carbocycles. The van der Waals surface area contributed by atoms with Crippen molar-refractivity contribution < 1.29 is 13.9 Å². The Bertz CT molecular complexity index is 1150. The summed E-state index contributed by atoms with van der Waals surface area (Å²) in [4.78, 5) is 17.0. The van der Waals surface area contributed by atoms with Crippen LogP contribution in [0.2, 0.25) is 0 Å². The molecule has 2 heterocycles. The maximum Gasteiger partial charge on any atom is 0.287 e. The van der Waals surface area contributed by atoms with E-state index >= 15 is 0 Å². The van der Waals surface area contributed by atoms with Crippen LogP contribution in [0, 0.1) is 0 Å². The van der Waals surface area contributed by atoms with E-state index in [0.717, 1.165) is 35.6 Å². The number of hydrogen-bond donors (Lipinski definition) is 1. The van der Waals surface area contributed by atoms with Gasteiger partial charge in [-0.3, -0.25) is 4.79 Å². The number of carbonyl (C=O) groups excluding carboxylic acids is 1. The number of imidazole rings is 1. The second-order valence-corrected chi connectivity index (χ2v) is 7.72. The predicted octanol–water partition coefficient (Wildman–Crippen LogP) is 5.15. The number of aryl methyl sites for hydroxylation is 1. The first kappa shape index (κ1) is 20.7. The van der Waals surface area contributed by atoms with E-state index in [1.807, 2.05) is 36.4 Å². The van der Waals surface area contributed by atoms with Gasteiger partial charge in [0.1, 0.15) is 11.6 Å². The number of furan rings is 1. The van der Waals surface area contributed by atoms with Gasteiger partial charge in [-0.15, -0.1) is 0 Å². The lowest BCUT2D eigenvalue weighted by atomic mass is 10.0. The number of ether oxygens (including phenoxy) is 1. The summed E-state index contributed by atoms with van der Waals surface area (Å²) < 4.78 is 13.4. The topological polar surface area (TPSA) is 69.3 Å². The Balaban J connectivity index is 1.43. The van der Waals surface area contributed by atoms with Crippen molar-refractivity contribution in [1.82, 2.24) is 14.9 Å². The van der Waals surface area contributed by atoms with Gasteiger partial charge < -0.3 is 19.0 Å². The minimum Gasteiger partial charge on any atom is -0.493 e. The highest BCUT2D eigenvalue weighted by Gasteiger charge is 2.14. The van der Waals surface area contributed by atoms with E-state index in [-0.39, 0.29) is 5.91 Å². The summed E-state index contributed by atoms with van der Waals surface area (Å²) >= 11 is 0. The first-order valence-corrected chi connectivity index (χ1v) is 10.6. The normalized spacial score (nSPS) is 11.2. The highest BCUT2D eigenvalue weighted by molar-refractivity contribution is 5.91. The van der Waals surface area contributed by atoms with Crippen molar-refractivity contribution >= 4 is 16.9 Å². The smallest absolute Gasteiger partial charge is 0.287 e. The Morgan fingerprint density at radius 2 is 1.90 bits per heavy atom. The quantitative estimate of drug-likeness (QED) is 0.382. The molecular weight excluding hydrogens is 390 g/mol. The zero-order valence-electron chi connectivity index (χ0n) is 17.9. The van der Waals surface area contributed by atoms with Crippen molar-refractivity contribution in [2.75, 3.05) is 6.61 Å². The third kappa shape index (κ3) is 4.79. The summed E-state index contributed by atoms with van der Waals surface area (Å²) in [5.41, 5.74) is 3.18. The molecule has 160 valence electrons. The van der Waals surface area contributed by atoms with Crippen molar-refractivity contribution in [3.05, 3.63) is 84.1 Å². The minimum atomic E-state index is -0.253. The van der Waals surface area contributed by atoms with E-state index in [4.69, 9.17) is 14.1 Å². The summed E-state index contributed by atoms with van der Waals surface area (Å²) in [6.45, 7) is 6.02. The second-order valence-electron chi connectivity index (χ2n) is 7.72. The molecule has 0 aliphatic heterocycles. The average molecular weight is 418 g/mol. The number of benzene rings is 2. The van der Waals surface area contributed by atoms with Gasteiger partial charge in [0.15, 0.2) is 5.76 Å². The highest BCUT2D eigenvalue weighted by Crippen LogP contribution is 2.26. The fraction of sp³-hybridized carbons (Fsp3) is 0.280. The number of nitrogens with zero attached hydrogens (tertiary/aromatic N) is 2. The number of fused-ring (bicyclic) bond motifs is 1. The van der Waals surface area contributed by atoms with E-state index in [1.165, 1.54) is 11.8 Å². The van der Waals surface area contributed by atoms with Crippen LogP contribution in [-0.4, -0.2) is 22.1 Å². The van der Waals surface area contributed by atoms with E-state index in [1.54, 1.807) is 12.1 Å². The van der Waals surface area contributed by atoms with Gasteiger partial charge in [-0.2, -0.15) is 0 Å². The molecule has 0 saturated carbocycles. The van der Waals surface area contributed by atoms with Gasteiger partial charge in [0.2, 0.25) is 0 Å². The molecule has 31 heavy (non-hydrogen) atoms. The van der Waals surface area contributed by atoms with Crippen LogP contribution in [0.25, 0.3) is 11.0 Å². The molecule has 0 bridgehead atoms. The summed E-state index contributed by atoms with van der Waals surface area (Å²) in [5.74, 6) is 2.21. The van der Waals surface area contributed by atoms with Crippen LogP contribution in [0.15, 0.2) is 71.3 Å². The Kier molecular flexibility index (Phi) is 6.36. The van der Waals surface area contributed by atoms with Crippen molar-refractivity contribution in [3.63, 3.8) is 0 Å². The van der Waals surface area contributed by atoms with E-state index in [0.29, 0.717) is 24.8 Å². The molecular formula is C25H27N3O3. The number of hydrogen-bond acceptors (Lipinski definition) is 4. The van der Waals surface area contributed by atoms with Gasteiger partial charge in [0.05, 0.1) is 30.4 Å². The summed E-state index contributed by atoms with van der Waals surface area (Å²) in [6, 6.07) is 19.5. The van der Waals surface area contributed by atoms with Gasteiger partial charge in [-0.1, -0.05) is 44.2 Å². The standard InChI is InChI=1S/C25H27N3O3/c1-18(2)19-9-3-6-12-22(19)30-16-8-14-28-21-11-5-4-10-20(21)27-24(28)17-26-25(29)23-13-7-15-31-23/h3-7,9-13,15,18H,8,14,16-17H2,1-2H3,(H,26,29). The number of amides is 1. The third-order valence-electron chi connectivity index (χ3n) is 5.21. The summed E-state index contributed by atoms with van der Waals surface area (Å²) in [7, 11) is 0. The van der Waals surface area contributed by atoms with E-state index < -0.39 is 0 Å². The zero-order valence-corrected chi connectivity index (χ0v) is 17.9. The number of para-hydroxylation sites is 3. The lowest BCUT2D eigenvalue weighted by molar-refractivity contribution is 0.0921. The van der Waals surface area contributed by atoms with Crippen LogP contribution in [0.1, 0.15) is 48.1 Å². The predicted molar refractivity (Wildman–Crippen MR) is 120 cm³/mol. The Morgan fingerprint density at radius 3 is 2.71 bits per heavy atom. The van der Waals surface area contributed by atoms with Crippen LogP contribution < -0.4 is 10.1 Å². The molecule has 1 amide bonds. The number of nitrogens with one attached hydrogen (secondary N) is 1. The van der Waals surface area contributed by atoms with Crippen LogP contribution in [0.5, 0.6) is 5.75 Å². The first-order chi connectivity index (χ1) is 15.1. The number of aromatic nitrogens is 2. The molecule has 4 rings (SSSR count).